The largest absolute Gasteiger partial charge is 0.344 e. The minimum atomic E-state index is 0.0314. The molecule has 0 atom stereocenters. The van der Waals surface area contributed by atoms with Gasteiger partial charge in [-0.1, -0.05) is 13.8 Å². The number of carbonyl (C=O) groups is 1. The Balaban J connectivity index is 3.64. The molecule has 0 aromatic carbocycles. The second kappa shape index (κ2) is 6.44. The monoisotopic (exact) mass is 183 g/mol. The Hall–Kier alpha value is -1.08. The lowest BCUT2D eigenvalue weighted by atomic mass is 10.3. The summed E-state index contributed by atoms with van der Waals surface area (Å²) in [5.41, 5.74) is 0. The van der Waals surface area contributed by atoms with Gasteiger partial charge in [-0.05, 0) is 0 Å². The van der Waals surface area contributed by atoms with E-state index >= 15 is 0 Å². The highest BCUT2D eigenvalue weighted by molar-refractivity contribution is 5.77. The fourth-order valence-corrected chi connectivity index (χ4v) is 0.769. The van der Waals surface area contributed by atoms with Gasteiger partial charge in [0.05, 0.1) is 19.0 Å². The lowest BCUT2D eigenvalue weighted by Crippen LogP contribution is -2.38. The standard InChI is InChI=1S/C9H17N3O/c1-8(2)11-7-9(13)12(3)6-4-5-10/h8,11H,4,6-7H2,1-3H3. The van der Waals surface area contributed by atoms with Crippen molar-refractivity contribution in [2.45, 2.75) is 26.3 Å². The maximum atomic E-state index is 11.3. The zero-order valence-electron chi connectivity index (χ0n) is 8.50. The van der Waals surface area contributed by atoms with Crippen molar-refractivity contribution in [1.29, 1.82) is 5.26 Å². The lowest BCUT2D eigenvalue weighted by molar-refractivity contribution is -0.129. The zero-order chi connectivity index (χ0) is 10.3. The fourth-order valence-electron chi connectivity index (χ4n) is 0.769. The summed E-state index contributed by atoms with van der Waals surface area (Å²) in [6.45, 7) is 4.83. The molecule has 0 aromatic rings. The van der Waals surface area contributed by atoms with Gasteiger partial charge in [0.2, 0.25) is 5.91 Å². The van der Waals surface area contributed by atoms with Gasteiger partial charge < -0.3 is 10.2 Å². The van der Waals surface area contributed by atoms with Gasteiger partial charge in [0.25, 0.3) is 0 Å². The van der Waals surface area contributed by atoms with Gasteiger partial charge in [0.1, 0.15) is 0 Å². The van der Waals surface area contributed by atoms with Gasteiger partial charge in [-0.15, -0.1) is 0 Å². The Kier molecular flexibility index (Phi) is 5.90. The van der Waals surface area contributed by atoms with E-state index in [1.165, 1.54) is 0 Å². The van der Waals surface area contributed by atoms with Crippen LogP contribution in [0.1, 0.15) is 20.3 Å². The number of rotatable bonds is 5. The summed E-state index contributed by atoms with van der Waals surface area (Å²) in [5.74, 6) is 0.0314. The van der Waals surface area contributed by atoms with E-state index in [0.29, 0.717) is 25.6 Å². The van der Waals surface area contributed by atoms with Crippen molar-refractivity contribution >= 4 is 5.91 Å². The molecule has 74 valence electrons. The van der Waals surface area contributed by atoms with Crippen LogP contribution in [-0.4, -0.2) is 37.0 Å². The topological polar surface area (TPSA) is 56.1 Å². The van der Waals surface area contributed by atoms with Crippen LogP contribution in [0, 0.1) is 11.3 Å². The molecule has 4 heteroatoms. The highest BCUT2D eigenvalue weighted by Gasteiger charge is 2.07. The Morgan fingerprint density at radius 3 is 2.69 bits per heavy atom. The van der Waals surface area contributed by atoms with Gasteiger partial charge in [-0.25, -0.2) is 0 Å². The van der Waals surface area contributed by atoms with Crippen LogP contribution in [0.2, 0.25) is 0 Å². The predicted octanol–water partition coefficient (Wildman–Crippen LogP) is 0.356. The number of amides is 1. The second-order valence-electron chi connectivity index (χ2n) is 3.26. The molecule has 1 N–H and O–H groups in total. The molecule has 0 aromatic heterocycles. The summed E-state index contributed by atoms with van der Waals surface area (Å²) in [5, 5.41) is 11.3. The summed E-state index contributed by atoms with van der Waals surface area (Å²) in [7, 11) is 1.71. The van der Waals surface area contributed by atoms with Crippen LogP contribution in [0.5, 0.6) is 0 Å². The van der Waals surface area contributed by atoms with E-state index in [1.54, 1.807) is 11.9 Å². The molecule has 0 fully saturated rings. The van der Waals surface area contributed by atoms with Gasteiger partial charge in [0.15, 0.2) is 0 Å². The first-order valence-corrected chi connectivity index (χ1v) is 4.42. The lowest BCUT2D eigenvalue weighted by Gasteiger charge is -2.16. The van der Waals surface area contributed by atoms with Crippen LogP contribution in [0.15, 0.2) is 0 Å². The second-order valence-corrected chi connectivity index (χ2v) is 3.26. The molecule has 0 spiro atoms. The molecule has 0 aliphatic heterocycles. The van der Waals surface area contributed by atoms with E-state index in [9.17, 15) is 4.79 Å². The maximum absolute atomic E-state index is 11.3. The smallest absolute Gasteiger partial charge is 0.236 e. The predicted molar refractivity (Wildman–Crippen MR) is 51.0 cm³/mol. The van der Waals surface area contributed by atoms with E-state index in [1.807, 2.05) is 19.9 Å². The highest BCUT2D eigenvalue weighted by Crippen LogP contribution is 1.87. The number of hydrogen-bond donors (Lipinski definition) is 1. The van der Waals surface area contributed by atoms with Gasteiger partial charge >= 0.3 is 0 Å². The van der Waals surface area contributed by atoms with Crippen LogP contribution in [0.4, 0.5) is 0 Å². The summed E-state index contributed by atoms with van der Waals surface area (Å²) >= 11 is 0. The average molecular weight is 183 g/mol. The first-order chi connectivity index (χ1) is 6.07. The third-order valence-corrected chi connectivity index (χ3v) is 1.65. The zero-order valence-corrected chi connectivity index (χ0v) is 8.50. The number of carbonyl (C=O) groups excluding carboxylic acids is 1. The summed E-state index contributed by atoms with van der Waals surface area (Å²) in [6.07, 6.45) is 0.393. The maximum Gasteiger partial charge on any atom is 0.236 e. The molecule has 0 saturated heterocycles. The number of likely N-dealkylation sites (N-methyl/N-ethyl adjacent to an activating group) is 1. The Morgan fingerprint density at radius 1 is 1.62 bits per heavy atom. The number of nitrogens with zero attached hydrogens (tertiary/aromatic N) is 2. The molecule has 0 rings (SSSR count). The number of hydrogen-bond acceptors (Lipinski definition) is 3. The van der Waals surface area contributed by atoms with E-state index in [-0.39, 0.29) is 5.91 Å². The Labute approximate surface area is 79.5 Å². The van der Waals surface area contributed by atoms with Gasteiger partial charge in [0, 0.05) is 19.6 Å². The molecule has 13 heavy (non-hydrogen) atoms. The molecule has 4 nitrogen and oxygen atoms in total. The van der Waals surface area contributed by atoms with E-state index in [4.69, 9.17) is 5.26 Å². The Bertz CT molecular complexity index is 196. The van der Waals surface area contributed by atoms with Crippen molar-refractivity contribution < 1.29 is 4.79 Å². The Morgan fingerprint density at radius 2 is 2.23 bits per heavy atom. The molecule has 1 amide bonds. The van der Waals surface area contributed by atoms with E-state index in [0.717, 1.165) is 0 Å². The molecule has 0 unspecified atom stereocenters. The van der Waals surface area contributed by atoms with E-state index in [2.05, 4.69) is 5.32 Å². The van der Waals surface area contributed by atoms with Crippen molar-refractivity contribution in [3.63, 3.8) is 0 Å². The minimum Gasteiger partial charge on any atom is -0.344 e. The van der Waals surface area contributed by atoms with Crippen LogP contribution < -0.4 is 5.32 Å². The summed E-state index contributed by atoms with van der Waals surface area (Å²) in [4.78, 5) is 12.9. The molecule has 0 aliphatic rings. The van der Waals surface area contributed by atoms with Crippen molar-refractivity contribution in [3.05, 3.63) is 0 Å². The normalized spacial score (nSPS) is 9.77. The first-order valence-electron chi connectivity index (χ1n) is 4.42. The van der Waals surface area contributed by atoms with Crippen molar-refractivity contribution in [3.8, 4) is 6.07 Å². The summed E-state index contributed by atoms with van der Waals surface area (Å²) < 4.78 is 0. The van der Waals surface area contributed by atoms with Crippen LogP contribution in [-0.2, 0) is 4.79 Å². The third kappa shape index (κ3) is 6.12. The molecule has 0 bridgehead atoms. The average Bonchev–Trinajstić information content (AvgIpc) is 2.10. The minimum absolute atomic E-state index is 0.0314. The highest BCUT2D eigenvalue weighted by atomic mass is 16.2. The van der Waals surface area contributed by atoms with Crippen LogP contribution in [0.3, 0.4) is 0 Å². The first kappa shape index (κ1) is 11.9. The molecular weight excluding hydrogens is 166 g/mol. The number of nitriles is 1. The summed E-state index contributed by atoms with van der Waals surface area (Å²) in [6, 6.07) is 2.32. The van der Waals surface area contributed by atoms with Crippen molar-refractivity contribution in [2.24, 2.45) is 0 Å². The SMILES string of the molecule is CC(C)NCC(=O)N(C)CCC#N. The molecule has 0 heterocycles. The molecular formula is C9H17N3O. The van der Waals surface area contributed by atoms with Crippen LogP contribution in [0.25, 0.3) is 0 Å². The van der Waals surface area contributed by atoms with Crippen LogP contribution >= 0.6 is 0 Å². The number of nitrogens with one attached hydrogen (secondary N) is 1. The third-order valence-electron chi connectivity index (χ3n) is 1.65. The molecule has 0 radical (unpaired) electrons. The molecule has 0 aliphatic carbocycles. The quantitative estimate of drug-likeness (QED) is 0.669. The van der Waals surface area contributed by atoms with E-state index < -0.39 is 0 Å². The van der Waals surface area contributed by atoms with Crippen molar-refractivity contribution in [2.75, 3.05) is 20.1 Å². The van der Waals surface area contributed by atoms with Gasteiger partial charge in [-0.2, -0.15) is 5.26 Å². The van der Waals surface area contributed by atoms with Gasteiger partial charge in [-0.3, -0.25) is 4.79 Å². The molecule has 0 saturated carbocycles. The fraction of sp³-hybridized carbons (Fsp3) is 0.778. The van der Waals surface area contributed by atoms with Crippen molar-refractivity contribution in [1.82, 2.24) is 10.2 Å².